The molecule has 0 aliphatic carbocycles. The van der Waals surface area contributed by atoms with Crippen LogP contribution in [0.15, 0.2) is 12.1 Å². The molecule has 5 nitrogen and oxygen atoms in total. The van der Waals surface area contributed by atoms with Gasteiger partial charge < -0.3 is 15.4 Å². The Bertz CT molecular complexity index is 576. The fourth-order valence-electron chi connectivity index (χ4n) is 2.63. The molecule has 1 aliphatic heterocycles. The van der Waals surface area contributed by atoms with Gasteiger partial charge in [-0.3, -0.25) is 4.90 Å². The number of nitrogens with zero attached hydrogens (tertiary/aromatic N) is 2. The van der Waals surface area contributed by atoms with Crippen molar-refractivity contribution in [2.45, 2.75) is 12.6 Å². The maximum Gasteiger partial charge on any atom is 0.390 e. The van der Waals surface area contributed by atoms with E-state index in [1.807, 2.05) is 4.90 Å². The highest BCUT2D eigenvalue weighted by Gasteiger charge is 2.29. The third-order valence-electron chi connectivity index (χ3n) is 3.94. The van der Waals surface area contributed by atoms with Gasteiger partial charge in [-0.2, -0.15) is 13.2 Å². The Morgan fingerprint density at radius 2 is 1.88 bits per heavy atom. The number of esters is 1. The number of methoxy groups -OCH3 is 1. The standard InChI is InChI=1S/C15H19F4N3O2/c1-24-14(23)13-11(16)8-10(9-12(13)20)22-6-4-21(5-7-22)3-2-15(17,18)19/h8-9H,2-7,20H2,1H3. The maximum atomic E-state index is 14.1. The molecule has 24 heavy (non-hydrogen) atoms. The Kier molecular flexibility index (Phi) is 5.53. The smallest absolute Gasteiger partial charge is 0.390 e. The summed E-state index contributed by atoms with van der Waals surface area (Å²) in [5.41, 5.74) is 5.87. The Morgan fingerprint density at radius 3 is 2.38 bits per heavy atom. The van der Waals surface area contributed by atoms with Crippen molar-refractivity contribution in [3.63, 3.8) is 0 Å². The Labute approximate surface area is 137 Å². The minimum absolute atomic E-state index is 0.0312. The minimum Gasteiger partial charge on any atom is -0.465 e. The summed E-state index contributed by atoms with van der Waals surface area (Å²) in [5.74, 6) is -1.63. The first kappa shape index (κ1) is 18.3. The molecule has 0 unspecified atom stereocenters. The van der Waals surface area contributed by atoms with Crippen molar-refractivity contribution in [1.29, 1.82) is 0 Å². The van der Waals surface area contributed by atoms with Crippen LogP contribution in [0.4, 0.5) is 28.9 Å². The average molecular weight is 349 g/mol. The Balaban J connectivity index is 2.01. The molecule has 0 radical (unpaired) electrons. The summed E-state index contributed by atoms with van der Waals surface area (Å²) in [5, 5.41) is 0. The molecular weight excluding hydrogens is 330 g/mol. The number of hydrogen-bond donors (Lipinski definition) is 1. The molecule has 0 spiro atoms. The van der Waals surface area contributed by atoms with Crippen LogP contribution in [0.25, 0.3) is 0 Å². The third kappa shape index (κ3) is 4.50. The number of ether oxygens (including phenoxy) is 1. The predicted octanol–water partition coefficient (Wildman–Crippen LogP) is 2.27. The zero-order valence-corrected chi connectivity index (χ0v) is 13.2. The normalized spacial score (nSPS) is 16.3. The van der Waals surface area contributed by atoms with E-state index >= 15 is 0 Å². The van der Waals surface area contributed by atoms with Gasteiger partial charge in [0.1, 0.15) is 11.4 Å². The van der Waals surface area contributed by atoms with Crippen LogP contribution in [0.2, 0.25) is 0 Å². The third-order valence-corrected chi connectivity index (χ3v) is 3.94. The molecule has 1 aliphatic rings. The van der Waals surface area contributed by atoms with Crippen LogP contribution in [0.1, 0.15) is 16.8 Å². The summed E-state index contributed by atoms with van der Waals surface area (Å²) in [6.07, 6.45) is -5.01. The monoisotopic (exact) mass is 349 g/mol. The number of nitrogens with two attached hydrogens (primary N) is 1. The second kappa shape index (κ2) is 7.25. The van der Waals surface area contributed by atoms with Crippen molar-refractivity contribution in [3.8, 4) is 0 Å². The molecule has 9 heteroatoms. The van der Waals surface area contributed by atoms with Crippen molar-refractivity contribution < 1.29 is 27.1 Å². The summed E-state index contributed by atoms with van der Waals surface area (Å²) in [6, 6.07) is 2.66. The molecule has 0 saturated carbocycles. The second-order valence-corrected chi connectivity index (χ2v) is 5.58. The highest BCUT2D eigenvalue weighted by molar-refractivity contribution is 5.96. The van der Waals surface area contributed by atoms with Crippen LogP contribution < -0.4 is 10.6 Å². The van der Waals surface area contributed by atoms with E-state index in [0.29, 0.717) is 31.9 Å². The van der Waals surface area contributed by atoms with Crippen LogP contribution in [-0.2, 0) is 4.74 Å². The van der Waals surface area contributed by atoms with Gasteiger partial charge >= 0.3 is 12.1 Å². The van der Waals surface area contributed by atoms with Crippen LogP contribution in [0.5, 0.6) is 0 Å². The van der Waals surface area contributed by atoms with Gasteiger partial charge in [-0.1, -0.05) is 0 Å². The van der Waals surface area contributed by atoms with E-state index in [0.717, 1.165) is 7.11 Å². The molecule has 0 atom stereocenters. The van der Waals surface area contributed by atoms with Crippen molar-refractivity contribution in [1.82, 2.24) is 4.90 Å². The summed E-state index contributed by atoms with van der Waals surface area (Å²) < 4.78 is 55.3. The van der Waals surface area contributed by atoms with Crippen LogP contribution >= 0.6 is 0 Å². The lowest BCUT2D eigenvalue weighted by atomic mass is 10.1. The molecular formula is C15H19F4N3O2. The summed E-state index contributed by atoms with van der Waals surface area (Å²) in [6.45, 7) is 1.74. The Hall–Kier alpha value is -2.03. The van der Waals surface area contributed by atoms with Gasteiger partial charge in [0.2, 0.25) is 0 Å². The van der Waals surface area contributed by atoms with E-state index in [1.165, 1.54) is 12.1 Å². The SMILES string of the molecule is COC(=O)c1c(N)cc(N2CCN(CCC(F)(F)F)CC2)cc1F. The van der Waals surface area contributed by atoms with E-state index in [1.54, 1.807) is 4.90 Å². The summed E-state index contributed by atoms with van der Waals surface area (Å²) in [4.78, 5) is 15.0. The largest absolute Gasteiger partial charge is 0.465 e. The highest BCUT2D eigenvalue weighted by Crippen LogP contribution is 2.27. The van der Waals surface area contributed by atoms with Gasteiger partial charge in [0.25, 0.3) is 0 Å². The van der Waals surface area contributed by atoms with Crippen LogP contribution in [0.3, 0.4) is 0 Å². The minimum atomic E-state index is -4.17. The fourth-order valence-corrected chi connectivity index (χ4v) is 2.63. The summed E-state index contributed by atoms with van der Waals surface area (Å²) in [7, 11) is 1.13. The molecule has 1 fully saturated rings. The number of piperazine rings is 1. The number of halogens is 4. The molecule has 1 heterocycles. The molecule has 2 rings (SSSR count). The summed E-state index contributed by atoms with van der Waals surface area (Å²) >= 11 is 0. The number of anilines is 2. The molecule has 1 aromatic carbocycles. The average Bonchev–Trinajstić information content (AvgIpc) is 2.51. The molecule has 1 aromatic rings. The zero-order valence-electron chi connectivity index (χ0n) is 13.2. The van der Waals surface area contributed by atoms with Gasteiger partial charge in [0.15, 0.2) is 0 Å². The number of carbonyl (C=O) groups excluding carboxylic acids is 1. The molecule has 1 saturated heterocycles. The van der Waals surface area contributed by atoms with Gasteiger partial charge in [-0.15, -0.1) is 0 Å². The lowest BCUT2D eigenvalue weighted by molar-refractivity contribution is -0.138. The van der Waals surface area contributed by atoms with Crippen molar-refractivity contribution in [2.75, 3.05) is 50.5 Å². The quantitative estimate of drug-likeness (QED) is 0.513. The van der Waals surface area contributed by atoms with Gasteiger partial charge in [-0.25, -0.2) is 9.18 Å². The molecule has 134 valence electrons. The van der Waals surface area contributed by atoms with Crippen molar-refractivity contribution in [3.05, 3.63) is 23.5 Å². The maximum absolute atomic E-state index is 14.1. The van der Waals surface area contributed by atoms with E-state index in [9.17, 15) is 22.4 Å². The zero-order chi connectivity index (χ0) is 17.9. The first-order chi connectivity index (χ1) is 11.2. The van der Waals surface area contributed by atoms with Gasteiger partial charge in [0.05, 0.1) is 19.2 Å². The van der Waals surface area contributed by atoms with Crippen LogP contribution in [-0.4, -0.2) is 56.9 Å². The first-order valence-electron chi connectivity index (χ1n) is 7.42. The van der Waals surface area contributed by atoms with E-state index in [4.69, 9.17) is 5.73 Å². The van der Waals surface area contributed by atoms with Crippen molar-refractivity contribution >= 4 is 17.3 Å². The number of nitrogen functional groups attached to an aromatic ring is 1. The molecule has 2 N–H and O–H groups in total. The van der Waals surface area contributed by atoms with E-state index < -0.39 is 24.4 Å². The van der Waals surface area contributed by atoms with Crippen molar-refractivity contribution in [2.24, 2.45) is 0 Å². The van der Waals surface area contributed by atoms with Crippen LogP contribution in [0, 0.1) is 5.82 Å². The predicted molar refractivity (Wildman–Crippen MR) is 81.5 cm³/mol. The number of benzene rings is 1. The number of rotatable bonds is 4. The number of carbonyl (C=O) groups is 1. The molecule has 0 bridgehead atoms. The fraction of sp³-hybridized carbons (Fsp3) is 0.533. The second-order valence-electron chi connectivity index (χ2n) is 5.58. The number of hydrogen-bond acceptors (Lipinski definition) is 5. The lowest BCUT2D eigenvalue weighted by Gasteiger charge is -2.36. The topological polar surface area (TPSA) is 58.8 Å². The molecule has 0 aromatic heterocycles. The van der Waals surface area contributed by atoms with Gasteiger partial charge in [0, 0.05) is 38.4 Å². The number of alkyl halides is 3. The van der Waals surface area contributed by atoms with E-state index in [2.05, 4.69) is 4.74 Å². The lowest BCUT2D eigenvalue weighted by Crippen LogP contribution is -2.47. The van der Waals surface area contributed by atoms with E-state index in [-0.39, 0.29) is 17.8 Å². The molecule has 0 amide bonds. The highest BCUT2D eigenvalue weighted by atomic mass is 19.4. The van der Waals surface area contributed by atoms with Gasteiger partial charge in [-0.05, 0) is 12.1 Å². The Morgan fingerprint density at radius 1 is 1.25 bits per heavy atom. The first-order valence-corrected chi connectivity index (χ1v) is 7.42.